The number of carbonyl (C=O) groups excluding carboxylic acids is 4. The van der Waals surface area contributed by atoms with E-state index in [2.05, 4.69) is 0 Å². The van der Waals surface area contributed by atoms with E-state index in [0.29, 0.717) is 0 Å². The monoisotopic (exact) mass is 318 g/mol. The molecule has 3 amide bonds. The van der Waals surface area contributed by atoms with Gasteiger partial charge in [0.1, 0.15) is 6.04 Å². The minimum absolute atomic E-state index is 0.0328. The number of primary amides is 1. The third kappa shape index (κ3) is 3.39. The summed E-state index contributed by atoms with van der Waals surface area (Å²) < 4.78 is 4.81. The molecule has 7 heteroatoms. The van der Waals surface area contributed by atoms with Crippen LogP contribution in [0.5, 0.6) is 0 Å². The van der Waals surface area contributed by atoms with Crippen LogP contribution in [0.15, 0.2) is 24.3 Å². The summed E-state index contributed by atoms with van der Waals surface area (Å²) in [5.41, 5.74) is 5.47. The van der Waals surface area contributed by atoms with Crippen LogP contribution in [0.2, 0.25) is 0 Å². The molecule has 122 valence electrons. The Bertz CT molecular complexity index is 633. The first-order valence-corrected chi connectivity index (χ1v) is 7.24. The Hall–Kier alpha value is -2.70. The lowest BCUT2D eigenvalue weighted by Gasteiger charge is -2.25. The predicted octanol–water partition coefficient (Wildman–Crippen LogP) is 0.726. The van der Waals surface area contributed by atoms with Gasteiger partial charge < -0.3 is 10.5 Å². The second-order valence-electron chi connectivity index (χ2n) is 5.75. The third-order valence-electron chi connectivity index (χ3n) is 3.46. The molecule has 1 heterocycles. The highest BCUT2D eigenvalue weighted by Crippen LogP contribution is 2.27. The number of ether oxygens (including phenoxy) is 1. The van der Waals surface area contributed by atoms with Gasteiger partial charge >= 0.3 is 5.97 Å². The van der Waals surface area contributed by atoms with Crippen molar-refractivity contribution in [1.29, 1.82) is 0 Å². The summed E-state index contributed by atoms with van der Waals surface area (Å²) in [5, 5.41) is 0. The maximum atomic E-state index is 12.5. The van der Waals surface area contributed by atoms with Crippen molar-refractivity contribution in [3.05, 3.63) is 35.4 Å². The Labute approximate surface area is 133 Å². The largest absolute Gasteiger partial charge is 0.454 e. The van der Waals surface area contributed by atoms with E-state index in [1.807, 2.05) is 13.8 Å². The molecule has 0 aliphatic carbocycles. The molecule has 1 aromatic carbocycles. The van der Waals surface area contributed by atoms with Crippen molar-refractivity contribution >= 4 is 23.7 Å². The summed E-state index contributed by atoms with van der Waals surface area (Å²) in [6.07, 6.45) is 0.239. The number of imide groups is 1. The number of fused-ring (bicyclic) bond motifs is 1. The van der Waals surface area contributed by atoms with E-state index in [-0.39, 0.29) is 23.5 Å². The number of esters is 1. The van der Waals surface area contributed by atoms with E-state index in [4.69, 9.17) is 10.5 Å². The molecule has 0 fully saturated rings. The molecule has 1 aliphatic heterocycles. The van der Waals surface area contributed by atoms with Crippen LogP contribution in [0, 0.1) is 5.92 Å². The van der Waals surface area contributed by atoms with Gasteiger partial charge in [0.2, 0.25) is 0 Å². The summed E-state index contributed by atoms with van der Waals surface area (Å²) in [5.74, 6) is -2.65. The number of nitrogens with two attached hydrogens (primary N) is 1. The number of nitrogens with zero attached hydrogens (tertiary/aromatic N) is 1. The average Bonchev–Trinajstić information content (AvgIpc) is 2.74. The molecular formula is C16H18N2O5. The molecule has 1 aromatic rings. The summed E-state index contributed by atoms with van der Waals surface area (Å²) in [4.78, 5) is 48.9. The number of hydrogen-bond acceptors (Lipinski definition) is 5. The van der Waals surface area contributed by atoms with Crippen LogP contribution in [0.3, 0.4) is 0 Å². The lowest BCUT2D eigenvalue weighted by Crippen LogP contribution is -2.46. The molecule has 2 rings (SSSR count). The van der Waals surface area contributed by atoms with E-state index >= 15 is 0 Å². The summed E-state index contributed by atoms with van der Waals surface area (Å²) in [6.45, 7) is 3.12. The van der Waals surface area contributed by atoms with Crippen LogP contribution in [0.4, 0.5) is 0 Å². The summed E-state index contributed by atoms with van der Waals surface area (Å²) >= 11 is 0. The maximum absolute atomic E-state index is 12.5. The lowest BCUT2D eigenvalue weighted by atomic mass is 10.0. The molecule has 1 unspecified atom stereocenters. The Morgan fingerprint density at radius 3 is 2.09 bits per heavy atom. The predicted molar refractivity (Wildman–Crippen MR) is 80.3 cm³/mol. The Morgan fingerprint density at radius 1 is 1.13 bits per heavy atom. The van der Waals surface area contributed by atoms with Crippen LogP contribution >= 0.6 is 0 Å². The molecule has 7 nitrogen and oxygen atoms in total. The highest BCUT2D eigenvalue weighted by Gasteiger charge is 2.43. The molecule has 0 radical (unpaired) electrons. The van der Waals surface area contributed by atoms with Crippen molar-refractivity contribution in [2.24, 2.45) is 11.7 Å². The maximum Gasteiger partial charge on any atom is 0.329 e. The van der Waals surface area contributed by atoms with E-state index in [1.165, 1.54) is 12.1 Å². The van der Waals surface area contributed by atoms with E-state index < -0.39 is 36.3 Å². The number of rotatable bonds is 6. The van der Waals surface area contributed by atoms with E-state index in [9.17, 15) is 19.2 Å². The standard InChI is InChI=1S/C16H18N2O5/c1-9(2)7-12(16(22)23-8-13(17)19)18-14(20)10-5-3-4-6-11(10)15(18)21/h3-6,9,12H,7-8H2,1-2H3,(H2,17,19). The van der Waals surface area contributed by atoms with Crippen molar-refractivity contribution < 1.29 is 23.9 Å². The van der Waals surface area contributed by atoms with Crippen LogP contribution < -0.4 is 5.73 Å². The van der Waals surface area contributed by atoms with Gasteiger partial charge in [-0.05, 0) is 24.5 Å². The quantitative estimate of drug-likeness (QED) is 0.614. The van der Waals surface area contributed by atoms with Gasteiger partial charge in [0.25, 0.3) is 17.7 Å². The van der Waals surface area contributed by atoms with Crippen LogP contribution in [0.25, 0.3) is 0 Å². The lowest BCUT2D eigenvalue weighted by molar-refractivity contribution is -0.152. The number of hydrogen-bond donors (Lipinski definition) is 1. The zero-order chi connectivity index (χ0) is 17.1. The van der Waals surface area contributed by atoms with Crippen LogP contribution in [0.1, 0.15) is 41.0 Å². The van der Waals surface area contributed by atoms with E-state index in [1.54, 1.807) is 12.1 Å². The first-order valence-electron chi connectivity index (χ1n) is 7.24. The van der Waals surface area contributed by atoms with Crippen LogP contribution in [-0.4, -0.2) is 41.2 Å². The molecule has 1 atom stereocenters. The number of carbonyl (C=O) groups is 4. The molecule has 1 aliphatic rings. The SMILES string of the molecule is CC(C)CC(C(=O)OCC(N)=O)N1C(=O)c2ccccc2C1=O. The minimum Gasteiger partial charge on any atom is -0.454 e. The first kappa shape index (κ1) is 16.7. The molecular weight excluding hydrogens is 300 g/mol. The number of amides is 3. The molecule has 23 heavy (non-hydrogen) atoms. The normalized spacial score (nSPS) is 14.8. The molecule has 0 saturated carbocycles. The second-order valence-corrected chi connectivity index (χ2v) is 5.75. The highest BCUT2D eigenvalue weighted by atomic mass is 16.5. The molecule has 0 aromatic heterocycles. The third-order valence-corrected chi connectivity index (χ3v) is 3.46. The van der Waals surface area contributed by atoms with Crippen LogP contribution in [-0.2, 0) is 14.3 Å². The van der Waals surface area contributed by atoms with Gasteiger partial charge in [0.05, 0.1) is 11.1 Å². The van der Waals surface area contributed by atoms with Crippen molar-refractivity contribution in [2.45, 2.75) is 26.3 Å². The van der Waals surface area contributed by atoms with E-state index in [0.717, 1.165) is 4.90 Å². The fraction of sp³-hybridized carbons (Fsp3) is 0.375. The van der Waals surface area contributed by atoms with Crippen molar-refractivity contribution in [3.63, 3.8) is 0 Å². The summed E-state index contributed by atoms with van der Waals surface area (Å²) in [7, 11) is 0. The summed E-state index contributed by atoms with van der Waals surface area (Å²) in [6, 6.07) is 5.29. The first-order chi connectivity index (χ1) is 10.8. The molecule has 0 bridgehead atoms. The highest BCUT2D eigenvalue weighted by molar-refractivity contribution is 6.22. The Balaban J connectivity index is 2.30. The zero-order valence-corrected chi connectivity index (χ0v) is 12.9. The smallest absolute Gasteiger partial charge is 0.329 e. The fourth-order valence-electron chi connectivity index (χ4n) is 2.48. The fourth-order valence-corrected chi connectivity index (χ4v) is 2.48. The van der Waals surface area contributed by atoms with Crippen molar-refractivity contribution in [3.8, 4) is 0 Å². The van der Waals surface area contributed by atoms with Gasteiger partial charge in [0.15, 0.2) is 6.61 Å². The number of benzene rings is 1. The molecule has 2 N–H and O–H groups in total. The molecule has 0 saturated heterocycles. The topological polar surface area (TPSA) is 107 Å². The Morgan fingerprint density at radius 2 is 1.65 bits per heavy atom. The van der Waals surface area contributed by atoms with Gasteiger partial charge in [-0.2, -0.15) is 0 Å². The average molecular weight is 318 g/mol. The van der Waals surface area contributed by atoms with Gasteiger partial charge in [0, 0.05) is 0 Å². The van der Waals surface area contributed by atoms with Crippen molar-refractivity contribution in [1.82, 2.24) is 4.90 Å². The Kier molecular flexibility index (Phi) is 4.78. The van der Waals surface area contributed by atoms with Crippen molar-refractivity contribution in [2.75, 3.05) is 6.61 Å². The van der Waals surface area contributed by atoms with Gasteiger partial charge in [-0.3, -0.25) is 19.3 Å². The molecule has 0 spiro atoms. The van der Waals surface area contributed by atoms with Gasteiger partial charge in [-0.15, -0.1) is 0 Å². The van der Waals surface area contributed by atoms with Gasteiger partial charge in [-0.25, -0.2) is 4.79 Å². The second kappa shape index (κ2) is 6.60. The minimum atomic E-state index is -1.08. The van der Waals surface area contributed by atoms with Gasteiger partial charge in [-0.1, -0.05) is 26.0 Å². The zero-order valence-electron chi connectivity index (χ0n) is 12.9.